The summed E-state index contributed by atoms with van der Waals surface area (Å²) in [6.07, 6.45) is 0.740. The van der Waals surface area contributed by atoms with E-state index in [0.29, 0.717) is 32.7 Å². The maximum Gasteiger partial charge on any atom is 0.272 e. The lowest BCUT2D eigenvalue weighted by Gasteiger charge is -2.12. The van der Waals surface area contributed by atoms with E-state index in [9.17, 15) is 9.18 Å². The molecule has 0 saturated carbocycles. The van der Waals surface area contributed by atoms with Crippen LogP contribution in [0.25, 0.3) is 10.2 Å². The number of hydrogen-bond donors (Lipinski definition) is 0. The molecule has 0 spiro atoms. The van der Waals surface area contributed by atoms with Gasteiger partial charge in [0, 0.05) is 17.3 Å². The molecule has 2 aromatic carbocycles. The summed E-state index contributed by atoms with van der Waals surface area (Å²) in [5.74, 6) is 0.142. The Bertz CT molecular complexity index is 1170. The average molecular weight is 431 g/mol. The van der Waals surface area contributed by atoms with E-state index >= 15 is 0 Å². The summed E-state index contributed by atoms with van der Waals surface area (Å²) < 4.78 is 15.7. The SMILES string of the molecule is O=c1c2sccc2nc(SCc2ccc(F)cc2Cl)n1CCc1ccccc1. The molecule has 2 aromatic heterocycles. The van der Waals surface area contributed by atoms with Gasteiger partial charge in [-0.25, -0.2) is 9.37 Å². The molecule has 0 fully saturated rings. The van der Waals surface area contributed by atoms with Crippen LogP contribution in [0.15, 0.2) is 69.9 Å². The van der Waals surface area contributed by atoms with Gasteiger partial charge in [-0.3, -0.25) is 9.36 Å². The minimum atomic E-state index is -0.365. The second kappa shape index (κ2) is 8.47. The highest BCUT2D eigenvalue weighted by Crippen LogP contribution is 2.27. The minimum Gasteiger partial charge on any atom is -0.286 e. The van der Waals surface area contributed by atoms with Gasteiger partial charge in [0.15, 0.2) is 5.16 Å². The van der Waals surface area contributed by atoms with Gasteiger partial charge in [0.1, 0.15) is 10.5 Å². The Morgan fingerprint density at radius 1 is 1.14 bits per heavy atom. The van der Waals surface area contributed by atoms with Crippen molar-refractivity contribution in [1.29, 1.82) is 0 Å². The monoisotopic (exact) mass is 430 g/mol. The Kier molecular flexibility index (Phi) is 5.80. The predicted molar refractivity (Wildman–Crippen MR) is 115 cm³/mol. The van der Waals surface area contributed by atoms with Gasteiger partial charge in [0.05, 0.1) is 5.52 Å². The molecule has 4 rings (SSSR count). The fraction of sp³-hybridized carbons (Fsp3) is 0.143. The molecular formula is C21H16ClFN2OS2. The first kappa shape index (κ1) is 19.2. The van der Waals surface area contributed by atoms with Crippen molar-refractivity contribution in [2.75, 3.05) is 0 Å². The Hall–Kier alpha value is -2.15. The second-order valence-electron chi connectivity index (χ2n) is 6.25. The van der Waals surface area contributed by atoms with Crippen molar-refractivity contribution in [3.63, 3.8) is 0 Å². The van der Waals surface area contributed by atoms with Crippen LogP contribution in [0.4, 0.5) is 4.39 Å². The molecule has 0 aliphatic heterocycles. The van der Waals surface area contributed by atoms with Crippen LogP contribution in [0.1, 0.15) is 11.1 Å². The molecule has 142 valence electrons. The summed E-state index contributed by atoms with van der Waals surface area (Å²) >= 11 is 8.99. The molecule has 7 heteroatoms. The average Bonchev–Trinajstić information content (AvgIpc) is 3.16. The number of fused-ring (bicyclic) bond motifs is 1. The van der Waals surface area contributed by atoms with Crippen molar-refractivity contribution in [1.82, 2.24) is 9.55 Å². The highest BCUT2D eigenvalue weighted by Gasteiger charge is 2.14. The Balaban J connectivity index is 1.64. The van der Waals surface area contributed by atoms with Crippen LogP contribution in [0.5, 0.6) is 0 Å². The van der Waals surface area contributed by atoms with Gasteiger partial charge in [0.2, 0.25) is 0 Å². The third kappa shape index (κ3) is 4.14. The largest absolute Gasteiger partial charge is 0.286 e. The van der Waals surface area contributed by atoms with Crippen molar-refractivity contribution < 1.29 is 4.39 Å². The van der Waals surface area contributed by atoms with Crippen molar-refractivity contribution in [2.24, 2.45) is 0 Å². The van der Waals surface area contributed by atoms with Gasteiger partial charge >= 0.3 is 0 Å². The first-order valence-corrected chi connectivity index (χ1v) is 10.9. The Morgan fingerprint density at radius 2 is 1.96 bits per heavy atom. The van der Waals surface area contributed by atoms with E-state index in [1.807, 2.05) is 41.8 Å². The lowest BCUT2D eigenvalue weighted by Crippen LogP contribution is -2.23. The number of thioether (sulfide) groups is 1. The highest BCUT2D eigenvalue weighted by molar-refractivity contribution is 7.98. The molecule has 0 saturated heterocycles. The lowest BCUT2D eigenvalue weighted by atomic mass is 10.1. The summed E-state index contributed by atoms with van der Waals surface area (Å²) in [6.45, 7) is 0.545. The van der Waals surface area contributed by atoms with Crippen molar-refractivity contribution in [2.45, 2.75) is 23.9 Å². The molecule has 0 N–H and O–H groups in total. The van der Waals surface area contributed by atoms with E-state index in [-0.39, 0.29) is 11.4 Å². The van der Waals surface area contributed by atoms with Gasteiger partial charge < -0.3 is 0 Å². The van der Waals surface area contributed by atoms with Gasteiger partial charge in [-0.05, 0) is 41.1 Å². The lowest BCUT2D eigenvalue weighted by molar-refractivity contribution is 0.596. The van der Waals surface area contributed by atoms with Crippen molar-refractivity contribution >= 4 is 44.9 Å². The van der Waals surface area contributed by atoms with Gasteiger partial charge in [-0.1, -0.05) is 59.8 Å². The van der Waals surface area contributed by atoms with Crippen LogP contribution in [0.3, 0.4) is 0 Å². The quantitative estimate of drug-likeness (QED) is 0.287. The van der Waals surface area contributed by atoms with Crippen LogP contribution in [0.2, 0.25) is 5.02 Å². The van der Waals surface area contributed by atoms with Crippen LogP contribution >= 0.6 is 34.7 Å². The van der Waals surface area contributed by atoms with Crippen LogP contribution < -0.4 is 5.56 Å². The van der Waals surface area contributed by atoms with Crippen LogP contribution in [-0.4, -0.2) is 9.55 Å². The maximum atomic E-state index is 13.3. The zero-order valence-electron chi connectivity index (χ0n) is 14.8. The third-order valence-electron chi connectivity index (χ3n) is 4.37. The predicted octanol–water partition coefficient (Wildman–Crippen LogP) is 5.79. The van der Waals surface area contributed by atoms with E-state index in [4.69, 9.17) is 11.6 Å². The fourth-order valence-electron chi connectivity index (χ4n) is 2.90. The van der Waals surface area contributed by atoms with Crippen LogP contribution in [-0.2, 0) is 18.7 Å². The molecule has 0 amide bonds. The summed E-state index contributed by atoms with van der Waals surface area (Å²) in [5, 5.41) is 2.90. The maximum absolute atomic E-state index is 13.3. The first-order valence-electron chi connectivity index (χ1n) is 8.70. The molecule has 4 aromatic rings. The van der Waals surface area contributed by atoms with Gasteiger partial charge in [-0.2, -0.15) is 0 Å². The molecule has 0 bridgehead atoms. The number of thiophene rings is 1. The smallest absolute Gasteiger partial charge is 0.272 e. The van der Waals surface area contributed by atoms with Gasteiger partial charge in [0.25, 0.3) is 5.56 Å². The van der Waals surface area contributed by atoms with Gasteiger partial charge in [-0.15, -0.1) is 11.3 Å². The molecular weight excluding hydrogens is 415 g/mol. The summed E-state index contributed by atoms with van der Waals surface area (Å²) in [6, 6.07) is 16.3. The van der Waals surface area contributed by atoms with Crippen LogP contribution in [0, 0.1) is 5.82 Å². The van der Waals surface area contributed by atoms with E-state index in [0.717, 1.165) is 12.0 Å². The Labute approximate surface area is 174 Å². The number of rotatable bonds is 6. The molecule has 0 aliphatic rings. The first-order chi connectivity index (χ1) is 13.6. The zero-order chi connectivity index (χ0) is 19.5. The fourth-order valence-corrected chi connectivity index (χ4v) is 5.02. The number of nitrogens with zero attached hydrogens (tertiary/aromatic N) is 2. The molecule has 3 nitrogen and oxygen atoms in total. The van der Waals surface area contributed by atoms with E-state index < -0.39 is 0 Å². The van der Waals surface area contributed by atoms with E-state index in [2.05, 4.69) is 4.98 Å². The molecule has 2 heterocycles. The number of aromatic nitrogens is 2. The summed E-state index contributed by atoms with van der Waals surface area (Å²) in [7, 11) is 0. The molecule has 0 aliphatic carbocycles. The normalized spacial score (nSPS) is 11.2. The second-order valence-corrected chi connectivity index (χ2v) is 8.51. The highest BCUT2D eigenvalue weighted by atomic mass is 35.5. The summed E-state index contributed by atoms with van der Waals surface area (Å²) in [4.78, 5) is 17.7. The number of halogens is 2. The topological polar surface area (TPSA) is 34.9 Å². The Morgan fingerprint density at radius 3 is 2.75 bits per heavy atom. The number of benzene rings is 2. The molecule has 0 atom stereocenters. The van der Waals surface area contributed by atoms with Crippen molar-refractivity contribution in [3.8, 4) is 0 Å². The number of hydrogen-bond acceptors (Lipinski definition) is 4. The molecule has 0 radical (unpaired) electrons. The number of aryl methyl sites for hydroxylation is 1. The molecule has 0 unspecified atom stereocenters. The van der Waals surface area contributed by atoms with E-state index in [1.54, 1.807) is 10.6 Å². The standard InChI is InChI=1S/C21H16ClFN2OS2/c22-17-12-16(23)7-6-15(17)13-28-21-24-18-9-11-27-19(18)20(26)25(21)10-8-14-4-2-1-3-5-14/h1-7,9,11-12H,8,10,13H2. The zero-order valence-corrected chi connectivity index (χ0v) is 17.2. The minimum absolute atomic E-state index is 0.0244. The molecule has 28 heavy (non-hydrogen) atoms. The summed E-state index contributed by atoms with van der Waals surface area (Å²) in [5.41, 5.74) is 2.66. The van der Waals surface area contributed by atoms with Crippen molar-refractivity contribution in [3.05, 3.63) is 92.3 Å². The third-order valence-corrected chi connectivity index (χ3v) is 6.64. The van der Waals surface area contributed by atoms with E-state index in [1.165, 1.54) is 40.8 Å².